The predicted octanol–water partition coefficient (Wildman–Crippen LogP) is 1.26. The minimum Gasteiger partial charge on any atom is -0.477 e. The maximum Gasteiger partial charge on any atom is 0.354 e. The van der Waals surface area contributed by atoms with E-state index in [9.17, 15) is 9.59 Å². The Kier molecular flexibility index (Phi) is 2.65. The van der Waals surface area contributed by atoms with Gasteiger partial charge in [-0.3, -0.25) is 4.79 Å². The number of aromatic amines is 1. The lowest BCUT2D eigenvalue weighted by Gasteiger charge is -2.00. The van der Waals surface area contributed by atoms with E-state index < -0.39 is 11.9 Å². The number of hydrogen-bond acceptors (Lipinski definition) is 4. The fourth-order valence-electron chi connectivity index (χ4n) is 1.37. The average Bonchev–Trinajstić information content (AvgIpc) is 2.86. The molecule has 7 nitrogen and oxygen atoms in total. The van der Waals surface area contributed by atoms with Crippen LogP contribution < -0.4 is 5.32 Å². The quantitative estimate of drug-likeness (QED) is 0.742. The number of aromatic carboxylic acids is 1. The number of anilines is 1. The van der Waals surface area contributed by atoms with Gasteiger partial charge in [0.25, 0.3) is 5.91 Å². The Morgan fingerprint density at radius 1 is 1.53 bits per heavy atom. The number of nitrogens with zero attached hydrogens (tertiary/aromatic N) is 1. The van der Waals surface area contributed by atoms with E-state index in [2.05, 4.69) is 20.0 Å². The minimum absolute atomic E-state index is 0.0701. The van der Waals surface area contributed by atoms with Crippen molar-refractivity contribution in [3.63, 3.8) is 0 Å². The van der Waals surface area contributed by atoms with Crippen LogP contribution in [-0.4, -0.2) is 27.1 Å². The normalized spacial score (nSPS) is 10.2. The molecule has 2 rings (SSSR count). The standard InChI is InChI=1S/C10H9N3O4/c1-5-4-7(8(11-5)10(15)16)12-9(14)6-2-3-17-13-6/h2-4,11H,1H3,(H,12,14)(H,15,16). The van der Waals surface area contributed by atoms with Gasteiger partial charge in [-0.25, -0.2) is 4.79 Å². The molecule has 17 heavy (non-hydrogen) atoms. The molecule has 0 saturated carbocycles. The molecule has 3 N–H and O–H groups in total. The third-order valence-electron chi connectivity index (χ3n) is 2.08. The van der Waals surface area contributed by atoms with Gasteiger partial charge >= 0.3 is 5.97 Å². The molecule has 2 heterocycles. The van der Waals surface area contributed by atoms with E-state index in [0.29, 0.717) is 5.69 Å². The van der Waals surface area contributed by atoms with Crippen LogP contribution in [0.4, 0.5) is 5.69 Å². The van der Waals surface area contributed by atoms with Crippen LogP contribution in [0.3, 0.4) is 0 Å². The zero-order chi connectivity index (χ0) is 12.4. The summed E-state index contributed by atoms with van der Waals surface area (Å²) in [7, 11) is 0. The van der Waals surface area contributed by atoms with Crippen molar-refractivity contribution in [3.8, 4) is 0 Å². The smallest absolute Gasteiger partial charge is 0.354 e. The number of nitrogens with one attached hydrogen (secondary N) is 2. The Morgan fingerprint density at radius 3 is 2.88 bits per heavy atom. The maximum atomic E-state index is 11.6. The van der Waals surface area contributed by atoms with E-state index in [-0.39, 0.29) is 17.1 Å². The second-order valence-corrected chi connectivity index (χ2v) is 3.38. The van der Waals surface area contributed by atoms with Crippen LogP contribution in [0.25, 0.3) is 0 Å². The van der Waals surface area contributed by atoms with E-state index in [0.717, 1.165) is 0 Å². The molecule has 0 aliphatic heterocycles. The van der Waals surface area contributed by atoms with E-state index in [4.69, 9.17) is 5.11 Å². The first kappa shape index (κ1) is 10.9. The number of carbonyl (C=O) groups excluding carboxylic acids is 1. The van der Waals surface area contributed by atoms with Crippen molar-refractivity contribution in [1.82, 2.24) is 10.1 Å². The molecule has 0 atom stereocenters. The summed E-state index contributed by atoms with van der Waals surface area (Å²) in [5, 5.41) is 14.8. The van der Waals surface area contributed by atoms with E-state index in [1.165, 1.54) is 18.4 Å². The van der Waals surface area contributed by atoms with Crippen molar-refractivity contribution in [3.05, 3.63) is 35.5 Å². The van der Waals surface area contributed by atoms with Gasteiger partial charge in [0.05, 0.1) is 5.69 Å². The van der Waals surface area contributed by atoms with Crippen molar-refractivity contribution in [1.29, 1.82) is 0 Å². The van der Waals surface area contributed by atoms with Crippen LogP contribution >= 0.6 is 0 Å². The van der Waals surface area contributed by atoms with E-state index in [1.54, 1.807) is 6.92 Å². The molecule has 1 amide bonds. The lowest BCUT2D eigenvalue weighted by molar-refractivity contribution is 0.0692. The predicted molar refractivity (Wildman–Crippen MR) is 56.9 cm³/mol. The third kappa shape index (κ3) is 2.17. The van der Waals surface area contributed by atoms with E-state index >= 15 is 0 Å². The molecule has 0 fully saturated rings. The number of aromatic nitrogens is 2. The highest BCUT2D eigenvalue weighted by atomic mass is 16.5. The summed E-state index contributed by atoms with van der Waals surface area (Å²) in [5.74, 6) is -1.67. The number of aryl methyl sites for hydroxylation is 1. The Hall–Kier alpha value is -2.57. The van der Waals surface area contributed by atoms with Crippen LogP contribution in [0.1, 0.15) is 26.7 Å². The Bertz CT molecular complexity index is 556. The van der Waals surface area contributed by atoms with Gasteiger partial charge in [0.1, 0.15) is 12.0 Å². The van der Waals surface area contributed by atoms with Gasteiger partial charge < -0.3 is 19.9 Å². The third-order valence-corrected chi connectivity index (χ3v) is 2.08. The lowest BCUT2D eigenvalue weighted by Crippen LogP contribution is -2.14. The summed E-state index contributed by atoms with van der Waals surface area (Å²) in [5.41, 5.74) is 0.848. The number of carbonyl (C=O) groups is 2. The number of carboxylic acids is 1. The molecule has 2 aromatic rings. The van der Waals surface area contributed by atoms with Gasteiger partial charge in [0.15, 0.2) is 5.69 Å². The number of carboxylic acid groups (broad SMARTS) is 1. The van der Waals surface area contributed by atoms with Crippen LogP contribution in [0, 0.1) is 6.92 Å². The first-order valence-corrected chi connectivity index (χ1v) is 4.72. The number of rotatable bonds is 3. The lowest BCUT2D eigenvalue weighted by atomic mass is 10.3. The monoisotopic (exact) mass is 235 g/mol. The zero-order valence-corrected chi connectivity index (χ0v) is 8.85. The second kappa shape index (κ2) is 4.12. The maximum absolute atomic E-state index is 11.6. The fourth-order valence-corrected chi connectivity index (χ4v) is 1.37. The summed E-state index contributed by atoms with van der Waals surface area (Å²) in [6, 6.07) is 2.91. The highest BCUT2D eigenvalue weighted by Crippen LogP contribution is 2.17. The van der Waals surface area contributed by atoms with Crippen molar-refractivity contribution >= 4 is 17.6 Å². The summed E-state index contributed by atoms with van der Waals surface area (Å²) in [4.78, 5) is 25.1. The molecule has 0 bridgehead atoms. The van der Waals surface area contributed by atoms with Crippen molar-refractivity contribution < 1.29 is 19.2 Å². The van der Waals surface area contributed by atoms with Gasteiger partial charge in [-0.15, -0.1) is 0 Å². The molecule has 0 aromatic carbocycles. The Labute approximate surface area is 95.4 Å². The molecule has 0 aliphatic carbocycles. The SMILES string of the molecule is Cc1cc(NC(=O)c2ccon2)c(C(=O)O)[nH]1. The summed E-state index contributed by atoms with van der Waals surface area (Å²) in [6.07, 6.45) is 1.26. The van der Waals surface area contributed by atoms with Gasteiger partial charge in [-0.1, -0.05) is 5.16 Å². The Balaban J connectivity index is 2.24. The molecular formula is C10H9N3O4. The largest absolute Gasteiger partial charge is 0.477 e. The molecule has 0 unspecified atom stereocenters. The number of amides is 1. The molecular weight excluding hydrogens is 226 g/mol. The highest BCUT2D eigenvalue weighted by Gasteiger charge is 2.17. The summed E-state index contributed by atoms with van der Waals surface area (Å²) < 4.78 is 4.52. The first-order chi connectivity index (χ1) is 8.08. The summed E-state index contributed by atoms with van der Waals surface area (Å²) in [6.45, 7) is 1.69. The minimum atomic E-state index is -1.14. The molecule has 88 valence electrons. The van der Waals surface area contributed by atoms with Crippen molar-refractivity contribution in [2.45, 2.75) is 6.92 Å². The molecule has 7 heteroatoms. The summed E-state index contributed by atoms with van der Waals surface area (Å²) >= 11 is 0. The number of H-pyrrole nitrogens is 1. The van der Waals surface area contributed by atoms with E-state index in [1.807, 2.05) is 0 Å². The topological polar surface area (TPSA) is 108 Å². The van der Waals surface area contributed by atoms with Crippen molar-refractivity contribution in [2.75, 3.05) is 5.32 Å². The molecule has 0 saturated heterocycles. The highest BCUT2D eigenvalue weighted by molar-refractivity contribution is 6.06. The molecule has 0 radical (unpaired) electrons. The second-order valence-electron chi connectivity index (χ2n) is 3.38. The van der Waals surface area contributed by atoms with Crippen molar-refractivity contribution in [2.24, 2.45) is 0 Å². The van der Waals surface area contributed by atoms with Crippen LogP contribution in [0.5, 0.6) is 0 Å². The first-order valence-electron chi connectivity index (χ1n) is 4.72. The number of hydrogen-bond donors (Lipinski definition) is 3. The molecule has 0 spiro atoms. The zero-order valence-electron chi connectivity index (χ0n) is 8.85. The average molecular weight is 235 g/mol. The van der Waals surface area contributed by atoms with Gasteiger partial charge in [0.2, 0.25) is 0 Å². The molecule has 0 aliphatic rings. The van der Waals surface area contributed by atoms with Gasteiger partial charge in [-0.05, 0) is 13.0 Å². The van der Waals surface area contributed by atoms with Crippen LogP contribution in [0.2, 0.25) is 0 Å². The van der Waals surface area contributed by atoms with Crippen LogP contribution in [0.15, 0.2) is 22.9 Å². The fraction of sp³-hybridized carbons (Fsp3) is 0.100. The van der Waals surface area contributed by atoms with Gasteiger partial charge in [-0.2, -0.15) is 0 Å². The van der Waals surface area contributed by atoms with Crippen LogP contribution in [-0.2, 0) is 0 Å². The molecule has 2 aromatic heterocycles. The van der Waals surface area contributed by atoms with Gasteiger partial charge in [0, 0.05) is 11.8 Å². The Morgan fingerprint density at radius 2 is 2.29 bits per heavy atom.